The van der Waals surface area contributed by atoms with E-state index in [1.807, 2.05) is 0 Å². The summed E-state index contributed by atoms with van der Waals surface area (Å²) in [5.41, 5.74) is 6.25. The van der Waals surface area contributed by atoms with E-state index in [1.165, 1.54) is 0 Å². The zero-order valence-electron chi connectivity index (χ0n) is 9.31. The molecule has 1 aromatic carbocycles. The highest BCUT2D eigenvalue weighted by Gasteiger charge is 2.40. The molecule has 0 aliphatic carbocycles. The van der Waals surface area contributed by atoms with Crippen LogP contribution in [-0.2, 0) is 4.65 Å². The van der Waals surface area contributed by atoms with E-state index in [1.54, 1.807) is 18.2 Å². The van der Waals surface area contributed by atoms with Gasteiger partial charge in [-0.05, 0) is 11.6 Å². The highest BCUT2D eigenvalue weighted by atomic mass is 35.5. The maximum Gasteiger partial charge on any atom is 0.496 e. The predicted octanol–water partition coefficient (Wildman–Crippen LogP) is -0.561. The Labute approximate surface area is 110 Å². The highest BCUT2D eigenvalue weighted by molar-refractivity contribution is 6.62. The summed E-state index contributed by atoms with van der Waals surface area (Å²) in [6.45, 7) is -0.431. The first-order valence-electron chi connectivity index (χ1n) is 5.04. The minimum Gasteiger partial charge on any atom is -0.479 e. The number of ether oxygens (including phenoxy) is 1. The van der Waals surface area contributed by atoms with Crippen molar-refractivity contribution in [2.75, 3.05) is 13.3 Å². The van der Waals surface area contributed by atoms with Crippen LogP contribution in [0.5, 0.6) is 5.75 Å². The van der Waals surface area contributed by atoms with Gasteiger partial charge in [-0.25, -0.2) is 0 Å². The summed E-state index contributed by atoms with van der Waals surface area (Å²) in [5, 5.41) is 20.2. The molecule has 1 heterocycles. The summed E-state index contributed by atoms with van der Waals surface area (Å²) in [5.74, 6) is 0.392. The van der Waals surface area contributed by atoms with Crippen LogP contribution in [0.25, 0.3) is 0 Å². The van der Waals surface area contributed by atoms with Crippen LogP contribution in [0.2, 0.25) is 0 Å². The molecule has 0 fully saturated rings. The van der Waals surface area contributed by atoms with E-state index in [0.29, 0.717) is 16.8 Å². The van der Waals surface area contributed by atoms with Crippen molar-refractivity contribution in [2.45, 2.75) is 6.10 Å². The molecular formula is C9H12BClN2O5. The van der Waals surface area contributed by atoms with Gasteiger partial charge >= 0.3 is 7.12 Å². The number of nitrogens with two attached hydrogens (primary N) is 1. The Bertz CT molecular complexity index is 447. The quantitative estimate of drug-likeness (QED) is 0.330. The van der Waals surface area contributed by atoms with Gasteiger partial charge in [0.25, 0.3) is 0 Å². The summed E-state index contributed by atoms with van der Waals surface area (Å²) >= 11 is 0. The molecule has 0 bridgehead atoms. The lowest BCUT2D eigenvalue weighted by Crippen LogP contribution is -2.30. The second kappa shape index (κ2) is 6.01. The number of nitrogens with zero attached hydrogens (tertiary/aromatic N) is 1. The maximum absolute atomic E-state index is 10.5. The number of nitro groups is 1. The summed E-state index contributed by atoms with van der Waals surface area (Å²) in [7, 11) is -1.21. The molecule has 2 rings (SSSR count). The standard InChI is InChI=1S/C9H11BN2O5.ClH/c11-5-16-7-3-1-2-6-8(4-12(14)15)17-10(13)9(6)7;/h1-3,8,13H,4-5,11H2;1H. The summed E-state index contributed by atoms with van der Waals surface area (Å²) in [6, 6.07) is 4.98. The van der Waals surface area contributed by atoms with Crippen LogP contribution < -0.4 is 15.9 Å². The molecule has 18 heavy (non-hydrogen) atoms. The Morgan fingerprint density at radius 3 is 2.94 bits per heavy atom. The van der Waals surface area contributed by atoms with Crippen LogP contribution in [0, 0.1) is 10.1 Å². The van der Waals surface area contributed by atoms with Crippen LogP contribution in [0.15, 0.2) is 18.2 Å². The summed E-state index contributed by atoms with van der Waals surface area (Å²) in [6.07, 6.45) is -0.753. The van der Waals surface area contributed by atoms with Gasteiger partial charge in [0.15, 0.2) is 0 Å². The van der Waals surface area contributed by atoms with Gasteiger partial charge in [0.05, 0.1) is 0 Å². The zero-order chi connectivity index (χ0) is 12.4. The van der Waals surface area contributed by atoms with Gasteiger partial charge in [0.1, 0.15) is 18.6 Å². The molecular weight excluding hydrogens is 262 g/mol. The van der Waals surface area contributed by atoms with Crippen molar-refractivity contribution in [1.82, 2.24) is 0 Å². The van der Waals surface area contributed by atoms with Gasteiger partial charge in [-0.15, -0.1) is 12.4 Å². The van der Waals surface area contributed by atoms with Crippen LogP contribution in [0.1, 0.15) is 11.7 Å². The molecule has 1 atom stereocenters. The fourth-order valence-electron chi connectivity index (χ4n) is 1.90. The summed E-state index contributed by atoms with van der Waals surface area (Å²) < 4.78 is 10.3. The van der Waals surface area contributed by atoms with Crippen molar-refractivity contribution in [3.05, 3.63) is 33.9 Å². The molecule has 0 aromatic heterocycles. The van der Waals surface area contributed by atoms with Crippen LogP contribution >= 0.6 is 12.4 Å². The number of benzene rings is 1. The normalized spacial score (nSPS) is 17.0. The Kier molecular flexibility index (Phi) is 4.91. The molecule has 1 aliphatic rings. The average Bonchev–Trinajstić information content (AvgIpc) is 2.57. The smallest absolute Gasteiger partial charge is 0.479 e. The summed E-state index contributed by atoms with van der Waals surface area (Å²) in [4.78, 5) is 9.99. The molecule has 0 saturated carbocycles. The first kappa shape index (κ1) is 14.7. The van der Waals surface area contributed by atoms with E-state index < -0.39 is 24.7 Å². The molecule has 1 aliphatic heterocycles. The minimum atomic E-state index is -1.21. The largest absolute Gasteiger partial charge is 0.496 e. The topological polar surface area (TPSA) is 108 Å². The molecule has 0 radical (unpaired) electrons. The fourth-order valence-corrected chi connectivity index (χ4v) is 1.90. The van der Waals surface area contributed by atoms with Gasteiger partial charge in [-0.3, -0.25) is 15.8 Å². The molecule has 9 heteroatoms. The number of rotatable bonds is 4. The van der Waals surface area contributed by atoms with Gasteiger partial charge in [-0.1, -0.05) is 12.1 Å². The predicted molar refractivity (Wildman–Crippen MR) is 66.7 cm³/mol. The van der Waals surface area contributed by atoms with E-state index in [9.17, 15) is 15.1 Å². The Hall–Kier alpha value is -1.35. The van der Waals surface area contributed by atoms with Crippen LogP contribution in [0.4, 0.5) is 0 Å². The first-order chi connectivity index (χ1) is 8.13. The lowest BCUT2D eigenvalue weighted by Gasteiger charge is -2.09. The molecule has 98 valence electrons. The van der Waals surface area contributed by atoms with Crippen molar-refractivity contribution in [3.63, 3.8) is 0 Å². The van der Waals surface area contributed by atoms with Crippen molar-refractivity contribution >= 4 is 25.0 Å². The second-order valence-corrected chi connectivity index (χ2v) is 3.56. The molecule has 3 N–H and O–H groups in total. The van der Waals surface area contributed by atoms with Gasteiger partial charge in [-0.2, -0.15) is 0 Å². The Morgan fingerprint density at radius 2 is 2.33 bits per heavy atom. The third-order valence-electron chi connectivity index (χ3n) is 2.54. The van der Waals surface area contributed by atoms with Crippen molar-refractivity contribution in [2.24, 2.45) is 5.73 Å². The zero-order valence-corrected chi connectivity index (χ0v) is 10.1. The van der Waals surface area contributed by atoms with Gasteiger partial charge in [0, 0.05) is 10.4 Å². The molecule has 0 saturated heterocycles. The van der Waals surface area contributed by atoms with E-state index in [0.717, 1.165) is 0 Å². The fraction of sp³-hybridized carbons (Fsp3) is 0.333. The van der Waals surface area contributed by atoms with E-state index >= 15 is 0 Å². The van der Waals surface area contributed by atoms with E-state index in [4.69, 9.17) is 15.1 Å². The highest BCUT2D eigenvalue weighted by Crippen LogP contribution is 2.27. The number of halogens is 1. The minimum absolute atomic E-state index is 0. The lowest BCUT2D eigenvalue weighted by molar-refractivity contribution is -0.490. The van der Waals surface area contributed by atoms with E-state index in [2.05, 4.69) is 0 Å². The molecule has 0 amide bonds. The Balaban J connectivity index is 0.00000162. The van der Waals surface area contributed by atoms with Crippen LogP contribution in [-0.4, -0.2) is 30.3 Å². The van der Waals surface area contributed by atoms with E-state index in [-0.39, 0.29) is 19.1 Å². The molecule has 0 spiro atoms. The number of hydrogen-bond donors (Lipinski definition) is 2. The first-order valence-corrected chi connectivity index (χ1v) is 5.04. The monoisotopic (exact) mass is 274 g/mol. The van der Waals surface area contributed by atoms with Crippen molar-refractivity contribution in [1.29, 1.82) is 0 Å². The maximum atomic E-state index is 10.5. The van der Waals surface area contributed by atoms with Crippen molar-refractivity contribution in [3.8, 4) is 5.75 Å². The SMILES string of the molecule is Cl.NCOc1cccc2c1B(O)OC2C[N+](=O)[O-]. The van der Waals surface area contributed by atoms with Gasteiger partial charge in [0.2, 0.25) is 6.54 Å². The third-order valence-corrected chi connectivity index (χ3v) is 2.54. The van der Waals surface area contributed by atoms with Crippen molar-refractivity contribution < 1.29 is 19.3 Å². The average molecular weight is 274 g/mol. The second-order valence-electron chi connectivity index (χ2n) is 3.56. The van der Waals surface area contributed by atoms with Crippen LogP contribution in [0.3, 0.4) is 0 Å². The Morgan fingerprint density at radius 1 is 1.61 bits per heavy atom. The molecule has 1 aromatic rings. The molecule has 1 unspecified atom stereocenters. The third kappa shape index (κ3) is 2.73. The van der Waals surface area contributed by atoms with Gasteiger partial charge < -0.3 is 14.4 Å². The molecule has 7 nitrogen and oxygen atoms in total. The number of fused-ring (bicyclic) bond motifs is 1. The lowest BCUT2D eigenvalue weighted by atomic mass is 9.78. The number of hydrogen-bond acceptors (Lipinski definition) is 6.